The summed E-state index contributed by atoms with van der Waals surface area (Å²) in [6.07, 6.45) is 0. The highest BCUT2D eigenvalue weighted by atomic mass is 14.5. The quantitative estimate of drug-likeness (QED) is 0.488. The fourth-order valence-electron chi connectivity index (χ4n) is 2.15. The predicted octanol–water partition coefficient (Wildman–Crippen LogP) is 3.24. The van der Waals surface area contributed by atoms with Crippen LogP contribution in [0.2, 0.25) is 0 Å². The van der Waals surface area contributed by atoms with Gasteiger partial charge in [-0.05, 0) is 31.6 Å². The highest BCUT2D eigenvalue weighted by Gasteiger charge is 2.42. The van der Waals surface area contributed by atoms with Gasteiger partial charge in [-0.1, -0.05) is 31.9 Å². The van der Waals surface area contributed by atoms with E-state index in [1.807, 2.05) is 0 Å². The molecule has 0 aliphatic heterocycles. The molecule has 0 amide bonds. The fourth-order valence-corrected chi connectivity index (χ4v) is 2.15. The summed E-state index contributed by atoms with van der Waals surface area (Å²) in [5.74, 6) is 2.63. The minimum Gasteiger partial charge on any atom is -0.0766 e. The zero-order valence-electron chi connectivity index (χ0n) is 7.73. The molecule has 0 aromatic carbocycles. The monoisotopic (exact) mass is 138 g/mol. The number of rotatable bonds is 1. The smallest absolute Gasteiger partial charge is 0.0112 e. The van der Waals surface area contributed by atoms with Crippen LogP contribution >= 0.6 is 0 Å². The van der Waals surface area contributed by atoms with Gasteiger partial charge < -0.3 is 0 Å². The molecule has 1 saturated carbocycles. The third-order valence-electron chi connectivity index (χ3n) is 2.57. The molecule has 10 heavy (non-hydrogen) atoms. The van der Waals surface area contributed by atoms with Gasteiger partial charge in [0.25, 0.3) is 0 Å². The van der Waals surface area contributed by atoms with Gasteiger partial charge in [0.1, 0.15) is 0 Å². The van der Waals surface area contributed by atoms with Crippen molar-refractivity contribution >= 4 is 0 Å². The topological polar surface area (TPSA) is 0 Å². The van der Waals surface area contributed by atoms with E-state index in [1.165, 1.54) is 0 Å². The van der Waals surface area contributed by atoms with Crippen LogP contribution in [0.3, 0.4) is 0 Å². The molecule has 0 aromatic heterocycles. The van der Waals surface area contributed by atoms with Crippen LogP contribution in [0.1, 0.15) is 34.6 Å². The second-order valence-electron chi connectivity index (χ2n) is 4.01. The molecule has 2 atom stereocenters. The SMILES string of the molecule is CC(C)=C1[C@@H](C)[C@@H]1C(C)C. The Hall–Kier alpha value is -0.260. The summed E-state index contributed by atoms with van der Waals surface area (Å²) in [7, 11) is 0. The summed E-state index contributed by atoms with van der Waals surface area (Å²) < 4.78 is 0. The second kappa shape index (κ2) is 2.41. The molecule has 0 heterocycles. The number of hydrogen-bond acceptors (Lipinski definition) is 0. The third-order valence-corrected chi connectivity index (χ3v) is 2.57. The van der Waals surface area contributed by atoms with Crippen LogP contribution in [0.25, 0.3) is 0 Å². The zero-order valence-corrected chi connectivity index (χ0v) is 7.73. The van der Waals surface area contributed by atoms with Gasteiger partial charge in [0, 0.05) is 0 Å². The molecule has 0 bridgehead atoms. The van der Waals surface area contributed by atoms with Crippen molar-refractivity contribution in [2.24, 2.45) is 17.8 Å². The number of allylic oxidation sites excluding steroid dienone is 2. The Morgan fingerprint density at radius 3 is 1.90 bits per heavy atom. The molecule has 58 valence electrons. The summed E-state index contributed by atoms with van der Waals surface area (Å²) >= 11 is 0. The Balaban J connectivity index is 2.66. The van der Waals surface area contributed by atoms with Gasteiger partial charge in [-0.3, -0.25) is 0 Å². The van der Waals surface area contributed by atoms with Gasteiger partial charge in [-0.15, -0.1) is 0 Å². The van der Waals surface area contributed by atoms with E-state index in [4.69, 9.17) is 0 Å². The van der Waals surface area contributed by atoms with Gasteiger partial charge >= 0.3 is 0 Å². The first-order valence-corrected chi connectivity index (χ1v) is 4.23. The lowest BCUT2D eigenvalue weighted by molar-refractivity contribution is 0.537. The Bertz CT molecular complexity index is 159. The standard InChI is InChI=1S/C10H18/c1-6(2)9-8(5)10(9)7(3)4/h6,8-9H,1-5H3/t8-,9-/m0/s1. The molecule has 1 rings (SSSR count). The molecule has 0 unspecified atom stereocenters. The first kappa shape index (κ1) is 7.84. The summed E-state index contributed by atoms with van der Waals surface area (Å²) in [5.41, 5.74) is 3.27. The predicted molar refractivity (Wildman–Crippen MR) is 45.9 cm³/mol. The average molecular weight is 138 g/mol. The summed E-state index contributed by atoms with van der Waals surface area (Å²) in [6.45, 7) is 11.4. The Morgan fingerprint density at radius 2 is 1.80 bits per heavy atom. The van der Waals surface area contributed by atoms with Crippen molar-refractivity contribution in [1.82, 2.24) is 0 Å². The van der Waals surface area contributed by atoms with E-state index in [0.717, 1.165) is 17.8 Å². The highest BCUT2D eigenvalue weighted by Crippen LogP contribution is 2.51. The van der Waals surface area contributed by atoms with Crippen LogP contribution in [0.4, 0.5) is 0 Å². The van der Waals surface area contributed by atoms with E-state index in [1.54, 1.807) is 11.1 Å². The lowest BCUT2D eigenvalue weighted by Gasteiger charge is -1.97. The van der Waals surface area contributed by atoms with Crippen molar-refractivity contribution in [2.75, 3.05) is 0 Å². The maximum Gasteiger partial charge on any atom is -0.0112 e. The maximum atomic E-state index is 2.34. The van der Waals surface area contributed by atoms with Crippen LogP contribution < -0.4 is 0 Å². The molecule has 0 nitrogen and oxygen atoms in total. The van der Waals surface area contributed by atoms with Crippen molar-refractivity contribution in [3.8, 4) is 0 Å². The highest BCUT2D eigenvalue weighted by molar-refractivity contribution is 5.32. The van der Waals surface area contributed by atoms with Gasteiger partial charge in [0.15, 0.2) is 0 Å². The minimum absolute atomic E-state index is 0.847. The van der Waals surface area contributed by atoms with Crippen molar-refractivity contribution in [1.29, 1.82) is 0 Å². The number of hydrogen-bond donors (Lipinski definition) is 0. The van der Waals surface area contributed by atoms with Crippen LogP contribution in [0.5, 0.6) is 0 Å². The van der Waals surface area contributed by atoms with E-state index >= 15 is 0 Å². The van der Waals surface area contributed by atoms with E-state index in [2.05, 4.69) is 34.6 Å². The minimum atomic E-state index is 0.847. The first-order chi connectivity index (χ1) is 4.55. The van der Waals surface area contributed by atoms with Crippen LogP contribution in [-0.2, 0) is 0 Å². The largest absolute Gasteiger partial charge is 0.0766 e. The van der Waals surface area contributed by atoms with Crippen molar-refractivity contribution in [3.05, 3.63) is 11.1 Å². The van der Waals surface area contributed by atoms with E-state index < -0.39 is 0 Å². The first-order valence-electron chi connectivity index (χ1n) is 4.23. The Labute approximate surface area is 64.3 Å². The van der Waals surface area contributed by atoms with E-state index in [0.29, 0.717) is 0 Å². The molecule has 0 radical (unpaired) electrons. The summed E-state index contributed by atoms with van der Waals surface area (Å²) in [6, 6.07) is 0. The third kappa shape index (κ3) is 1.12. The van der Waals surface area contributed by atoms with Gasteiger partial charge in [-0.2, -0.15) is 0 Å². The molecular formula is C10H18. The van der Waals surface area contributed by atoms with Gasteiger partial charge in [0.2, 0.25) is 0 Å². The molecule has 1 aliphatic rings. The van der Waals surface area contributed by atoms with Crippen LogP contribution in [-0.4, -0.2) is 0 Å². The molecule has 1 aliphatic carbocycles. The lowest BCUT2D eigenvalue weighted by Crippen LogP contribution is -1.90. The van der Waals surface area contributed by atoms with Crippen molar-refractivity contribution in [2.45, 2.75) is 34.6 Å². The molecule has 0 spiro atoms. The summed E-state index contributed by atoms with van der Waals surface area (Å²) in [5, 5.41) is 0. The van der Waals surface area contributed by atoms with Crippen LogP contribution in [0, 0.1) is 17.8 Å². The second-order valence-corrected chi connectivity index (χ2v) is 4.01. The van der Waals surface area contributed by atoms with Crippen LogP contribution in [0.15, 0.2) is 11.1 Å². The molecule has 0 N–H and O–H groups in total. The molecular weight excluding hydrogens is 120 g/mol. The Morgan fingerprint density at radius 1 is 1.30 bits per heavy atom. The molecule has 0 saturated heterocycles. The summed E-state index contributed by atoms with van der Waals surface area (Å²) in [4.78, 5) is 0. The van der Waals surface area contributed by atoms with Gasteiger partial charge in [0.05, 0.1) is 0 Å². The van der Waals surface area contributed by atoms with Crippen molar-refractivity contribution < 1.29 is 0 Å². The molecule has 0 heteroatoms. The maximum absolute atomic E-state index is 2.34. The van der Waals surface area contributed by atoms with E-state index in [-0.39, 0.29) is 0 Å². The Kier molecular flexibility index (Phi) is 1.89. The lowest BCUT2D eigenvalue weighted by atomic mass is 10.1. The molecule has 0 aromatic rings. The fraction of sp³-hybridized carbons (Fsp3) is 0.800. The zero-order chi connectivity index (χ0) is 7.89. The van der Waals surface area contributed by atoms with E-state index in [9.17, 15) is 0 Å². The normalized spacial score (nSPS) is 31.2. The van der Waals surface area contributed by atoms with Gasteiger partial charge in [-0.25, -0.2) is 0 Å². The molecule has 1 fully saturated rings. The average Bonchev–Trinajstić information content (AvgIpc) is 2.40. The van der Waals surface area contributed by atoms with Crippen molar-refractivity contribution in [3.63, 3.8) is 0 Å².